The molecular formula is C14H24O4P+. The molecule has 108 valence electrons. The van der Waals surface area contributed by atoms with Crippen LogP contribution in [0.4, 0.5) is 0 Å². The highest BCUT2D eigenvalue weighted by Gasteiger charge is 2.57. The summed E-state index contributed by atoms with van der Waals surface area (Å²) in [4.78, 5) is 22.9. The minimum Gasteiger partial charge on any atom is -0.295 e. The standard InChI is InChI=1S/C14H24O4P/c1-17-19(16,18-2)9-13(15)14-6-10-3-11(7-14)5-12(4-10)8-14/h10-12,16H,3-9H2,1-2H3/q+1. The van der Waals surface area contributed by atoms with Gasteiger partial charge in [-0.1, -0.05) is 0 Å². The van der Waals surface area contributed by atoms with E-state index < -0.39 is 7.94 Å². The summed E-state index contributed by atoms with van der Waals surface area (Å²) >= 11 is 0. The number of hydrogen-bond donors (Lipinski definition) is 1. The highest BCUT2D eigenvalue weighted by molar-refractivity contribution is 7.61. The van der Waals surface area contributed by atoms with Gasteiger partial charge in [0.15, 0.2) is 11.9 Å². The van der Waals surface area contributed by atoms with Gasteiger partial charge in [-0.05, 0) is 56.3 Å². The number of hydrogen-bond acceptors (Lipinski definition) is 4. The number of ketones is 1. The van der Waals surface area contributed by atoms with E-state index in [4.69, 9.17) is 9.05 Å². The summed E-state index contributed by atoms with van der Waals surface area (Å²) in [5, 5.41) is 0. The molecule has 0 aromatic heterocycles. The zero-order valence-electron chi connectivity index (χ0n) is 11.8. The van der Waals surface area contributed by atoms with Gasteiger partial charge in [0, 0.05) is 5.41 Å². The van der Waals surface area contributed by atoms with Crippen LogP contribution in [-0.2, 0) is 13.8 Å². The van der Waals surface area contributed by atoms with Gasteiger partial charge in [0.25, 0.3) is 0 Å². The summed E-state index contributed by atoms with van der Waals surface area (Å²) < 4.78 is 10.1. The van der Waals surface area contributed by atoms with E-state index in [0.29, 0.717) is 0 Å². The Morgan fingerprint density at radius 2 is 1.53 bits per heavy atom. The van der Waals surface area contributed by atoms with Crippen LogP contribution in [0.1, 0.15) is 38.5 Å². The lowest BCUT2D eigenvalue weighted by molar-refractivity contribution is -0.141. The molecule has 5 heteroatoms. The quantitative estimate of drug-likeness (QED) is 0.790. The summed E-state index contributed by atoms with van der Waals surface area (Å²) in [5.41, 5.74) is -0.167. The van der Waals surface area contributed by atoms with E-state index in [2.05, 4.69) is 0 Å². The van der Waals surface area contributed by atoms with Crippen molar-refractivity contribution in [1.82, 2.24) is 0 Å². The largest absolute Gasteiger partial charge is 0.416 e. The van der Waals surface area contributed by atoms with Crippen LogP contribution in [0.2, 0.25) is 0 Å². The summed E-state index contributed by atoms with van der Waals surface area (Å²) in [6.07, 6.45) is 7.12. The highest BCUT2D eigenvalue weighted by atomic mass is 31.2. The van der Waals surface area contributed by atoms with Crippen molar-refractivity contribution in [3.63, 3.8) is 0 Å². The Morgan fingerprint density at radius 3 is 1.89 bits per heavy atom. The lowest BCUT2D eigenvalue weighted by Gasteiger charge is -2.55. The van der Waals surface area contributed by atoms with E-state index in [0.717, 1.165) is 37.0 Å². The van der Waals surface area contributed by atoms with Crippen molar-refractivity contribution in [3.05, 3.63) is 0 Å². The molecular weight excluding hydrogens is 263 g/mol. The Morgan fingerprint density at radius 1 is 1.11 bits per heavy atom. The van der Waals surface area contributed by atoms with Gasteiger partial charge in [-0.25, -0.2) is 0 Å². The minimum atomic E-state index is -2.96. The average Bonchev–Trinajstić information content (AvgIpc) is 2.37. The molecule has 0 aromatic rings. The van der Waals surface area contributed by atoms with Gasteiger partial charge < -0.3 is 0 Å². The van der Waals surface area contributed by atoms with Crippen LogP contribution in [0.3, 0.4) is 0 Å². The van der Waals surface area contributed by atoms with Crippen LogP contribution < -0.4 is 0 Å². The first-order chi connectivity index (χ1) is 8.98. The van der Waals surface area contributed by atoms with E-state index in [1.54, 1.807) is 0 Å². The first kappa shape index (κ1) is 13.9. The third kappa shape index (κ3) is 2.37. The Labute approximate surface area is 115 Å². The van der Waals surface area contributed by atoms with Gasteiger partial charge in [0.05, 0.1) is 14.2 Å². The van der Waals surface area contributed by atoms with Crippen molar-refractivity contribution in [1.29, 1.82) is 0 Å². The Kier molecular flexibility index (Phi) is 3.50. The predicted octanol–water partition coefficient (Wildman–Crippen LogP) is 2.82. The van der Waals surface area contributed by atoms with Gasteiger partial charge in [0.1, 0.15) is 0 Å². The molecule has 4 fully saturated rings. The van der Waals surface area contributed by atoms with Crippen molar-refractivity contribution >= 4 is 13.7 Å². The first-order valence-corrected chi connectivity index (χ1v) is 9.00. The van der Waals surface area contributed by atoms with Crippen LogP contribution >= 0.6 is 7.94 Å². The number of Topliss-reactive ketones (excluding diaryl/α,β-unsaturated/α-hetero) is 1. The van der Waals surface area contributed by atoms with E-state index in [9.17, 15) is 9.69 Å². The third-order valence-electron chi connectivity index (χ3n) is 5.54. The maximum Gasteiger partial charge on any atom is 0.416 e. The second-order valence-electron chi connectivity index (χ2n) is 6.78. The summed E-state index contributed by atoms with van der Waals surface area (Å²) in [6.45, 7) is 0. The number of carbonyl (C=O) groups excluding carboxylic acids is 1. The second-order valence-corrected chi connectivity index (χ2v) is 9.10. The fourth-order valence-corrected chi connectivity index (χ4v) is 6.11. The number of carbonyl (C=O) groups is 1. The van der Waals surface area contributed by atoms with E-state index in [1.807, 2.05) is 0 Å². The van der Waals surface area contributed by atoms with E-state index in [1.165, 1.54) is 33.5 Å². The first-order valence-electron chi connectivity index (χ1n) is 7.24. The second kappa shape index (κ2) is 4.77. The molecule has 0 saturated heterocycles. The molecule has 4 bridgehead atoms. The minimum absolute atomic E-state index is 0.0617. The maximum absolute atomic E-state index is 12.7. The summed E-state index contributed by atoms with van der Waals surface area (Å²) in [7, 11) is -0.118. The average molecular weight is 287 g/mol. The van der Waals surface area contributed by atoms with Crippen molar-refractivity contribution in [2.24, 2.45) is 23.2 Å². The molecule has 4 aliphatic rings. The molecule has 0 radical (unpaired) electrons. The van der Waals surface area contributed by atoms with Crippen molar-refractivity contribution in [3.8, 4) is 0 Å². The maximum atomic E-state index is 12.7. The molecule has 0 atom stereocenters. The molecule has 19 heavy (non-hydrogen) atoms. The number of rotatable bonds is 5. The summed E-state index contributed by atoms with van der Waals surface area (Å²) in [6, 6.07) is 0. The Hall–Kier alpha value is -0.0200. The monoisotopic (exact) mass is 287 g/mol. The molecule has 4 saturated carbocycles. The van der Waals surface area contributed by atoms with Crippen molar-refractivity contribution in [2.45, 2.75) is 38.5 Å². The van der Waals surface area contributed by atoms with Crippen LogP contribution in [0.25, 0.3) is 0 Å². The van der Waals surface area contributed by atoms with Gasteiger partial charge in [-0.15, -0.1) is 0 Å². The molecule has 0 aliphatic heterocycles. The van der Waals surface area contributed by atoms with Gasteiger partial charge in [-0.2, -0.15) is 13.9 Å². The fourth-order valence-electron chi connectivity index (χ4n) is 5.00. The van der Waals surface area contributed by atoms with Crippen LogP contribution in [0.5, 0.6) is 0 Å². The summed E-state index contributed by atoms with van der Waals surface area (Å²) in [5.74, 6) is 2.41. The van der Waals surface area contributed by atoms with Gasteiger partial charge >= 0.3 is 7.94 Å². The van der Waals surface area contributed by atoms with Crippen LogP contribution in [0.15, 0.2) is 0 Å². The zero-order valence-corrected chi connectivity index (χ0v) is 12.7. The van der Waals surface area contributed by atoms with Crippen molar-refractivity contribution < 1.29 is 18.7 Å². The van der Waals surface area contributed by atoms with Crippen LogP contribution in [-0.4, -0.2) is 31.1 Å². The van der Waals surface area contributed by atoms with E-state index >= 15 is 0 Å². The molecule has 4 nitrogen and oxygen atoms in total. The third-order valence-corrected chi connectivity index (χ3v) is 7.37. The topological polar surface area (TPSA) is 55.8 Å². The molecule has 0 spiro atoms. The van der Waals surface area contributed by atoms with E-state index in [-0.39, 0.29) is 17.4 Å². The van der Waals surface area contributed by atoms with Crippen LogP contribution in [0, 0.1) is 23.2 Å². The molecule has 0 heterocycles. The fraction of sp³-hybridized carbons (Fsp3) is 0.929. The molecule has 0 unspecified atom stereocenters. The normalized spacial score (nSPS) is 40.7. The lowest BCUT2D eigenvalue weighted by atomic mass is 9.48. The lowest BCUT2D eigenvalue weighted by Crippen LogP contribution is -2.51. The smallest absolute Gasteiger partial charge is 0.295 e. The SMILES string of the molecule is CO[P+](O)(CC(=O)C12CC3CC(CC(C3)C1)C2)OC. The molecule has 0 amide bonds. The zero-order chi connectivity index (χ0) is 13.7. The Balaban J connectivity index is 1.76. The van der Waals surface area contributed by atoms with Gasteiger partial charge in [0.2, 0.25) is 0 Å². The molecule has 1 N–H and O–H groups in total. The molecule has 4 rings (SSSR count). The van der Waals surface area contributed by atoms with Crippen molar-refractivity contribution in [2.75, 3.05) is 20.4 Å². The predicted molar refractivity (Wildman–Crippen MR) is 73.6 cm³/mol. The van der Waals surface area contributed by atoms with Gasteiger partial charge in [-0.3, -0.25) is 4.79 Å². The molecule has 0 aromatic carbocycles. The highest BCUT2D eigenvalue weighted by Crippen LogP contribution is 2.63. The Bertz CT molecular complexity index is 342. The molecule has 4 aliphatic carbocycles.